The Morgan fingerprint density at radius 2 is 1.57 bits per heavy atom. The van der Waals surface area contributed by atoms with Crippen molar-refractivity contribution in [3.8, 4) is 18.1 Å². The van der Waals surface area contributed by atoms with Gasteiger partial charge in [0.05, 0.1) is 64.0 Å². The van der Waals surface area contributed by atoms with Gasteiger partial charge < -0.3 is 58.0 Å². The number of nitrogens with one attached hydrogen (secondary N) is 2. The lowest BCUT2D eigenvalue weighted by Crippen LogP contribution is -2.70. The molecule has 0 spiro atoms. The van der Waals surface area contributed by atoms with Crippen LogP contribution in [0.15, 0.2) is 18.2 Å². The summed E-state index contributed by atoms with van der Waals surface area (Å²) in [5.74, 6) is -7.07. The van der Waals surface area contributed by atoms with E-state index in [4.69, 9.17) is 65.4 Å². The predicted octanol–water partition coefficient (Wildman–Crippen LogP) is 0.108. The number of benzene rings is 1. The molecule has 0 radical (unpaired) electrons. The van der Waals surface area contributed by atoms with E-state index in [2.05, 4.69) is 16.6 Å². The van der Waals surface area contributed by atoms with E-state index in [0.29, 0.717) is 5.56 Å². The number of hydrogen-bond donors (Lipinski definition) is 2. The molecule has 1 aliphatic heterocycles. The zero-order valence-electron chi connectivity index (χ0n) is 32.8. The number of methoxy groups -OCH3 is 1. The number of ether oxygens (including phenoxy) is 10. The minimum Gasteiger partial charge on any atom is -0.465 e. The van der Waals surface area contributed by atoms with Crippen molar-refractivity contribution in [3.05, 3.63) is 28.8 Å². The first-order chi connectivity index (χ1) is 27.4. The van der Waals surface area contributed by atoms with E-state index in [0.717, 1.165) is 34.8 Å². The van der Waals surface area contributed by atoms with Crippen molar-refractivity contribution >= 4 is 59.2 Å². The van der Waals surface area contributed by atoms with E-state index < -0.39 is 103 Å². The number of terminal acetylenes is 1. The number of halogens is 1. The quantitative estimate of drug-likeness (QED) is 0.0516. The summed E-state index contributed by atoms with van der Waals surface area (Å²) < 4.78 is 54.4. The fourth-order valence-electron chi connectivity index (χ4n) is 5.51. The third-order valence-corrected chi connectivity index (χ3v) is 7.94. The normalized spacial score (nSPS) is 19.5. The number of amides is 2. The molecule has 1 aromatic carbocycles. The molecule has 1 heterocycles. The second-order valence-electron chi connectivity index (χ2n) is 12.3. The van der Waals surface area contributed by atoms with Crippen LogP contribution < -0.4 is 15.4 Å². The van der Waals surface area contributed by atoms with Crippen LogP contribution in [0, 0.1) is 12.3 Å². The van der Waals surface area contributed by atoms with Gasteiger partial charge in [-0.25, -0.2) is 4.79 Å². The van der Waals surface area contributed by atoms with Gasteiger partial charge in [-0.3, -0.25) is 33.6 Å². The van der Waals surface area contributed by atoms with Crippen molar-refractivity contribution in [1.82, 2.24) is 10.6 Å². The van der Waals surface area contributed by atoms with Crippen LogP contribution in [0.5, 0.6) is 5.75 Å². The van der Waals surface area contributed by atoms with Crippen molar-refractivity contribution < 1.29 is 85.7 Å². The molecule has 1 aromatic rings. The molecule has 6 atom stereocenters. The average molecular weight is 843 g/mol. The monoisotopic (exact) mass is 842 g/mol. The lowest BCUT2D eigenvalue weighted by atomic mass is 9.87. The van der Waals surface area contributed by atoms with Crippen molar-refractivity contribution in [2.75, 3.05) is 53.3 Å². The van der Waals surface area contributed by atoms with E-state index in [-0.39, 0.29) is 50.2 Å². The van der Waals surface area contributed by atoms with E-state index >= 15 is 0 Å². The first kappa shape index (κ1) is 48.8. The minimum absolute atomic E-state index is 0.0451. The summed E-state index contributed by atoms with van der Waals surface area (Å²) in [6, 6.07) is 2.71. The molecule has 0 unspecified atom stereocenters. The van der Waals surface area contributed by atoms with Crippen molar-refractivity contribution in [2.24, 2.45) is 0 Å². The van der Waals surface area contributed by atoms with E-state index in [1.54, 1.807) is 0 Å². The molecule has 2 N–H and O–H groups in total. The van der Waals surface area contributed by atoms with Crippen LogP contribution in [0.1, 0.15) is 46.6 Å². The molecule has 320 valence electrons. The summed E-state index contributed by atoms with van der Waals surface area (Å²) in [4.78, 5) is 100. The zero-order valence-corrected chi connectivity index (χ0v) is 33.5. The Hall–Kier alpha value is -5.33. The van der Waals surface area contributed by atoms with Gasteiger partial charge in [0, 0.05) is 34.6 Å². The zero-order chi connectivity index (χ0) is 43.4. The van der Waals surface area contributed by atoms with Crippen LogP contribution in [0.3, 0.4) is 0 Å². The molecule has 1 aliphatic rings. The van der Waals surface area contributed by atoms with Crippen LogP contribution in [0.25, 0.3) is 0 Å². The van der Waals surface area contributed by atoms with Gasteiger partial charge in [0.2, 0.25) is 5.91 Å². The molecule has 20 nitrogen and oxygen atoms in total. The van der Waals surface area contributed by atoms with Gasteiger partial charge in [0.1, 0.15) is 24.6 Å². The third-order valence-electron chi connectivity index (χ3n) is 7.64. The lowest BCUT2D eigenvalue weighted by molar-refractivity contribution is -0.315. The maximum absolute atomic E-state index is 13.6. The Kier molecular flexibility index (Phi) is 20.6. The number of hydrogen-bond acceptors (Lipinski definition) is 18. The molecular weight excluding hydrogens is 796 g/mol. The fourth-order valence-corrected chi connectivity index (χ4v) is 5.75. The molecule has 21 heteroatoms. The summed E-state index contributed by atoms with van der Waals surface area (Å²) in [5.41, 5.74) is 0.387. The molecule has 0 bridgehead atoms. The molecule has 0 aliphatic carbocycles. The number of carbonyl (C=O) groups excluding carboxylic acids is 8. The Morgan fingerprint density at radius 1 is 0.897 bits per heavy atom. The van der Waals surface area contributed by atoms with E-state index in [1.165, 1.54) is 25.1 Å². The highest BCUT2D eigenvalue weighted by Gasteiger charge is 2.59. The third kappa shape index (κ3) is 16.6. The molecule has 1 fully saturated rings. The maximum atomic E-state index is 13.6. The van der Waals surface area contributed by atoms with Gasteiger partial charge in [-0.2, -0.15) is 0 Å². The number of esters is 6. The number of carbonyl (C=O) groups is 8. The summed E-state index contributed by atoms with van der Waals surface area (Å²) in [6.45, 7) is 3.71. The van der Waals surface area contributed by atoms with Crippen LogP contribution in [0.2, 0.25) is 5.02 Å². The standard InChI is InChI=1S/C37H47ClN2O18/c1-8-11-50-12-13-51-14-15-53-37(36(48)49-7)18-29(55-23(4)43)33(40-32(47)20-52-21(2)41)35(58-37)34(57-25(6)45)30(56-24(5)44)19-39-31(46)17-26-9-10-28(27(38)16-26)54-22(3)42/h1,9-10,16,29-30,33-35H,11-15,17-20H2,2-7H3,(H,39,46)(H,40,47)/t29-,30+,33+,34+,35+,37+/m0/s1. The number of rotatable bonds is 22. The molecule has 2 amide bonds. The molecule has 0 aromatic heterocycles. The van der Waals surface area contributed by atoms with Crippen LogP contribution in [0.4, 0.5) is 0 Å². The Bertz CT molecular complexity index is 1680. The highest BCUT2D eigenvalue weighted by Crippen LogP contribution is 2.37. The predicted molar refractivity (Wildman–Crippen MR) is 195 cm³/mol. The topological polar surface area (TPSA) is 253 Å². The highest BCUT2D eigenvalue weighted by molar-refractivity contribution is 6.32. The summed E-state index contributed by atoms with van der Waals surface area (Å²) >= 11 is 6.20. The van der Waals surface area contributed by atoms with Crippen molar-refractivity contribution in [2.45, 2.75) is 83.7 Å². The summed E-state index contributed by atoms with van der Waals surface area (Å²) in [6.07, 6.45) is -2.53. The van der Waals surface area contributed by atoms with Crippen LogP contribution in [-0.4, -0.2) is 137 Å². The first-order valence-corrected chi connectivity index (χ1v) is 18.0. The Morgan fingerprint density at radius 3 is 2.16 bits per heavy atom. The van der Waals surface area contributed by atoms with E-state index in [1.807, 2.05) is 0 Å². The van der Waals surface area contributed by atoms with Crippen LogP contribution in [-0.2, 0) is 87.4 Å². The minimum atomic E-state index is -2.46. The molecule has 1 saturated heterocycles. The van der Waals surface area contributed by atoms with Gasteiger partial charge in [-0.05, 0) is 17.7 Å². The van der Waals surface area contributed by atoms with Crippen molar-refractivity contribution in [3.63, 3.8) is 0 Å². The SMILES string of the molecule is C#CCOCCOCCO[C@]1(C(=O)OC)C[C@H](OC(C)=O)[C@@H](NC(=O)COC(C)=O)[C@H]([C@H](OC(C)=O)[C@@H](CNC(=O)Cc2ccc(OC(C)=O)c(Cl)c2)OC(C)=O)O1. The summed E-state index contributed by atoms with van der Waals surface area (Å²) in [7, 11) is 1.01. The molecular formula is C37H47ClN2O18. The Balaban J connectivity index is 2.60. The van der Waals surface area contributed by atoms with Gasteiger partial charge >= 0.3 is 35.8 Å². The van der Waals surface area contributed by atoms with Crippen LogP contribution >= 0.6 is 11.6 Å². The highest BCUT2D eigenvalue weighted by atomic mass is 35.5. The average Bonchev–Trinajstić information content (AvgIpc) is 3.13. The second-order valence-corrected chi connectivity index (χ2v) is 12.7. The van der Waals surface area contributed by atoms with Gasteiger partial charge in [-0.15, -0.1) is 6.42 Å². The molecule has 0 saturated carbocycles. The van der Waals surface area contributed by atoms with E-state index in [9.17, 15) is 38.4 Å². The Labute approximate surface area is 339 Å². The van der Waals surface area contributed by atoms with Gasteiger partial charge in [0.25, 0.3) is 11.7 Å². The largest absolute Gasteiger partial charge is 0.465 e. The molecule has 2 rings (SSSR count). The first-order valence-electron chi connectivity index (χ1n) is 17.6. The lowest BCUT2D eigenvalue weighted by Gasteiger charge is -2.48. The summed E-state index contributed by atoms with van der Waals surface area (Å²) in [5, 5.41) is 5.13. The smallest absolute Gasteiger partial charge is 0.366 e. The maximum Gasteiger partial charge on any atom is 0.366 e. The molecule has 58 heavy (non-hydrogen) atoms. The van der Waals surface area contributed by atoms with Crippen molar-refractivity contribution in [1.29, 1.82) is 0 Å². The second kappa shape index (κ2) is 24.4. The van der Waals surface area contributed by atoms with Gasteiger partial charge in [-0.1, -0.05) is 23.6 Å². The fraction of sp³-hybridized carbons (Fsp3) is 0.568. The van der Waals surface area contributed by atoms with Gasteiger partial charge in [0.15, 0.2) is 18.8 Å².